The summed E-state index contributed by atoms with van der Waals surface area (Å²) in [7, 11) is 0. The first kappa shape index (κ1) is 18.9. The average Bonchev–Trinajstić information content (AvgIpc) is 2.89. The minimum Gasteiger partial charge on any atom is -0.193 e. The van der Waals surface area contributed by atoms with Crippen molar-refractivity contribution in [1.29, 1.82) is 0 Å². The number of nitrogens with zero attached hydrogens (tertiary/aromatic N) is 2. The van der Waals surface area contributed by atoms with E-state index in [1.54, 1.807) is 0 Å². The lowest BCUT2D eigenvalue weighted by molar-refractivity contribution is -0.596. The van der Waals surface area contributed by atoms with Gasteiger partial charge >= 0.3 is 5.82 Å². The molecule has 2 aromatic carbocycles. The first-order valence-corrected chi connectivity index (χ1v) is 9.59. The molecule has 0 fully saturated rings. The maximum absolute atomic E-state index is 5.54. The Morgan fingerprint density at radius 3 is 1.77 bits per heavy atom. The molecule has 1 heterocycles. The van der Waals surface area contributed by atoms with Crippen LogP contribution in [0.25, 0.3) is 11.4 Å². The molecule has 0 radical (unpaired) electrons. The molecule has 0 aliphatic heterocycles. The molecule has 4 heteroatoms. The number of thiol groups is 1. The summed E-state index contributed by atoms with van der Waals surface area (Å²) in [4.78, 5) is 0. The lowest BCUT2D eigenvalue weighted by Gasteiger charge is -2.12. The number of hydrogen-bond donors (Lipinski definition) is 1. The SMILES string of the molecule is Cc1cc(C)c(-n2cc[n+](-c3c(C)cc(C)cc3C)c2C(=S)S)c(C)c1. The van der Waals surface area contributed by atoms with Gasteiger partial charge in [-0.2, -0.15) is 9.13 Å². The topological polar surface area (TPSA) is 8.81 Å². The number of aromatic nitrogens is 2. The zero-order chi connectivity index (χ0) is 19.2. The third kappa shape index (κ3) is 3.24. The monoisotopic (exact) mass is 381 g/mol. The average molecular weight is 382 g/mol. The normalized spacial score (nSPS) is 11.0. The molecule has 0 unspecified atom stereocenters. The van der Waals surface area contributed by atoms with E-state index in [1.165, 1.54) is 44.8 Å². The number of thiocarbonyl (C=S) groups is 1. The number of hydrogen-bond acceptors (Lipinski definition) is 1. The summed E-state index contributed by atoms with van der Waals surface area (Å²) >= 11 is 10.1. The molecule has 1 aromatic heterocycles. The standard InChI is InChI=1S/C22H24N2S2/c1-13-9-15(3)19(16(4)10-13)23-7-8-24(21(23)22(25)26)20-17(5)11-14(2)12-18(20)6/h7-12H,1-6H3/p+1. The Hall–Kier alpha value is -1.91. The molecular weight excluding hydrogens is 356 g/mol. The second-order valence-corrected chi connectivity index (χ2v) is 8.32. The van der Waals surface area contributed by atoms with Crippen molar-refractivity contribution in [3.8, 4) is 11.4 Å². The summed E-state index contributed by atoms with van der Waals surface area (Å²) in [6.45, 7) is 12.8. The third-order valence-electron chi connectivity index (χ3n) is 4.77. The Bertz CT molecular complexity index is 908. The van der Waals surface area contributed by atoms with Crippen LogP contribution in [0.1, 0.15) is 39.2 Å². The molecule has 0 spiro atoms. The zero-order valence-electron chi connectivity index (χ0n) is 16.2. The van der Waals surface area contributed by atoms with Crippen LogP contribution in [0.2, 0.25) is 0 Å². The molecule has 2 nitrogen and oxygen atoms in total. The Kier molecular flexibility index (Phi) is 5.09. The highest BCUT2D eigenvalue weighted by Gasteiger charge is 2.27. The highest BCUT2D eigenvalue weighted by molar-refractivity contribution is 8.11. The van der Waals surface area contributed by atoms with E-state index in [1.807, 2.05) is 0 Å². The second-order valence-electron chi connectivity index (χ2n) is 7.16. The molecule has 0 atom stereocenters. The van der Waals surface area contributed by atoms with Crippen molar-refractivity contribution in [2.45, 2.75) is 41.5 Å². The molecule has 0 saturated heterocycles. The first-order valence-electron chi connectivity index (χ1n) is 8.73. The second kappa shape index (κ2) is 7.01. The highest BCUT2D eigenvalue weighted by Crippen LogP contribution is 2.24. The maximum atomic E-state index is 5.54. The lowest BCUT2D eigenvalue weighted by atomic mass is 10.0. The summed E-state index contributed by atoms with van der Waals surface area (Å²) in [5.74, 6) is 0.911. The Morgan fingerprint density at radius 1 is 0.846 bits per heavy atom. The van der Waals surface area contributed by atoms with Gasteiger partial charge in [0.05, 0.1) is 0 Å². The van der Waals surface area contributed by atoms with E-state index in [2.05, 4.69) is 100.0 Å². The Morgan fingerprint density at radius 2 is 1.31 bits per heavy atom. The van der Waals surface area contributed by atoms with Crippen molar-refractivity contribution in [1.82, 2.24) is 4.57 Å². The van der Waals surface area contributed by atoms with E-state index in [4.69, 9.17) is 12.2 Å². The summed E-state index contributed by atoms with van der Waals surface area (Å²) in [5, 5.41) is 0. The van der Waals surface area contributed by atoms with E-state index < -0.39 is 0 Å². The molecule has 0 amide bonds. The van der Waals surface area contributed by atoms with Gasteiger partial charge < -0.3 is 0 Å². The van der Waals surface area contributed by atoms with Crippen molar-refractivity contribution < 1.29 is 4.57 Å². The number of rotatable bonds is 3. The fourth-order valence-electron chi connectivity index (χ4n) is 4.06. The minimum absolute atomic E-state index is 0.578. The quantitative estimate of drug-likeness (QED) is 0.372. The van der Waals surface area contributed by atoms with Crippen molar-refractivity contribution in [2.24, 2.45) is 0 Å². The van der Waals surface area contributed by atoms with Crippen molar-refractivity contribution in [2.75, 3.05) is 0 Å². The van der Waals surface area contributed by atoms with Crippen LogP contribution in [-0.2, 0) is 0 Å². The van der Waals surface area contributed by atoms with E-state index in [0.29, 0.717) is 4.20 Å². The van der Waals surface area contributed by atoms with E-state index in [-0.39, 0.29) is 0 Å². The van der Waals surface area contributed by atoms with Crippen LogP contribution < -0.4 is 4.57 Å². The van der Waals surface area contributed by atoms with Gasteiger partial charge in [-0.15, -0.1) is 12.6 Å². The molecule has 0 saturated carbocycles. The van der Waals surface area contributed by atoms with Gasteiger partial charge in [-0.25, -0.2) is 0 Å². The predicted molar refractivity (Wildman–Crippen MR) is 116 cm³/mol. The molecule has 0 bridgehead atoms. The molecule has 26 heavy (non-hydrogen) atoms. The molecule has 0 N–H and O–H groups in total. The molecule has 134 valence electrons. The largest absolute Gasteiger partial charge is 0.316 e. The van der Waals surface area contributed by atoms with Gasteiger partial charge in [-0.05, 0) is 63.8 Å². The van der Waals surface area contributed by atoms with Gasteiger partial charge in [0.15, 0.2) is 4.20 Å². The molecular formula is C22H25N2S2+. The number of aryl methyl sites for hydroxylation is 6. The van der Waals surface area contributed by atoms with Crippen molar-refractivity contribution >= 4 is 29.0 Å². The minimum atomic E-state index is 0.578. The summed E-state index contributed by atoms with van der Waals surface area (Å²) in [5.41, 5.74) is 9.79. The Labute approximate surface area is 166 Å². The predicted octanol–water partition coefficient (Wildman–Crippen LogP) is 5.21. The summed E-state index contributed by atoms with van der Waals surface area (Å²) < 4.78 is 4.91. The molecule has 3 rings (SSSR count). The van der Waals surface area contributed by atoms with Crippen LogP contribution in [0.5, 0.6) is 0 Å². The number of benzene rings is 2. The van der Waals surface area contributed by atoms with Crippen LogP contribution in [0.3, 0.4) is 0 Å². The van der Waals surface area contributed by atoms with E-state index in [9.17, 15) is 0 Å². The van der Waals surface area contributed by atoms with E-state index in [0.717, 1.165) is 5.82 Å². The van der Waals surface area contributed by atoms with Crippen LogP contribution in [-0.4, -0.2) is 8.76 Å². The van der Waals surface area contributed by atoms with Gasteiger partial charge in [0.25, 0.3) is 0 Å². The van der Waals surface area contributed by atoms with Gasteiger partial charge in [0, 0.05) is 0 Å². The van der Waals surface area contributed by atoms with Crippen molar-refractivity contribution in [3.05, 3.63) is 75.9 Å². The van der Waals surface area contributed by atoms with Crippen LogP contribution in [0.15, 0.2) is 36.7 Å². The van der Waals surface area contributed by atoms with Gasteiger partial charge in [0.2, 0.25) is 0 Å². The Balaban J connectivity index is 2.33. The number of imidazole rings is 1. The first-order chi connectivity index (χ1) is 12.2. The van der Waals surface area contributed by atoms with Crippen LogP contribution in [0.4, 0.5) is 0 Å². The van der Waals surface area contributed by atoms with Crippen molar-refractivity contribution in [3.63, 3.8) is 0 Å². The summed E-state index contributed by atoms with van der Waals surface area (Å²) in [6, 6.07) is 8.83. The lowest BCUT2D eigenvalue weighted by Crippen LogP contribution is -2.37. The maximum Gasteiger partial charge on any atom is 0.316 e. The fourth-order valence-corrected chi connectivity index (χ4v) is 4.47. The molecule has 3 aromatic rings. The smallest absolute Gasteiger partial charge is 0.193 e. The van der Waals surface area contributed by atoms with E-state index >= 15 is 0 Å². The van der Waals surface area contributed by atoms with Crippen LogP contribution in [0, 0.1) is 41.5 Å². The van der Waals surface area contributed by atoms with Gasteiger partial charge in [-0.3, -0.25) is 0 Å². The van der Waals surface area contributed by atoms with Gasteiger partial charge in [-0.1, -0.05) is 47.6 Å². The van der Waals surface area contributed by atoms with Gasteiger partial charge in [0.1, 0.15) is 23.8 Å². The molecule has 0 aliphatic rings. The fraction of sp³-hybridized carbons (Fsp3) is 0.273. The highest BCUT2D eigenvalue weighted by atomic mass is 32.1. The zero-order valence-corrected chi connectivity index (χ0v) is 17.9. The third-order valence-corrected chi connectivity index (χ3v) is 5.15. The molecule has 0 aliphatic carbocycles. The summed E-state index contributed by atoms with van der Waals surface area (Å²) in [6.07, 6.45) is 4.17. The van der Waals surface area contributed by atoms with Crippen LogP contribution >= 0.6 is 24.8 Å².